The van der Waals surface area contributed by atoms with Crippen LogP contribution in [-0.4, -0.2) is 44.2 Å². The monoisotopic (exact) mass is 367 g/mol. The van der Waals surface area contributed by atoms with Crippen LogP contribution in [0.5, 0.6) is 0 Å². The van der Waals surface area contributed by atoms with Gasteiger partial charge < -0.3 is 13.9 Å². The number of likely N-dealkylation sites (tertiary alicyclic amines) is 1. The van der Waals surface area contributed by atoms with Gasteiger partial charge >= 0.3 is 0 Å². The summed E-state index contributed by atoms with van der Waals surface area (Å²) in [6.07, 6.45) is 5.21. The summed E-state index contributed by atoms with van der Waals surface area (Å²) in [6.45, 7) is 6.95. The predicted molar refractivity (Wildman–Crippen MR) is 96.0 cm³/mol. The van der Waals surface area contributed by atoms with Crippen molar-refractivity contribution in [2.45, 2.75) is 33.6 Å². The molecule has 4 rings (SSSR count). The molecule has 8 heteroatoms. The Morgan fingerprint density at radius 2 is 2.07 bits per heavy atom. The molecule has 1 saturated heterocycles. The van der Waals surface area contributed by atoms with Gasteiger partial charge in [-0.2, -0.15) is 0 Å². The maximum absolute atomic E-state index is 12.5. The molecule has 0 bridgehead atoms. The number of aromatic nitrogens is 4. The van der Waals surface area contributed by atoms with Gasteiger partial charge in [0.05, 0.1) is 34.5 Å². The molecule has 0 N–H and O–H groups in total. The lowest BCUT2D eigenvalue weighted by Crippen LogP contribution is -2.28. The average molecular weight is 367 g/mol. The van der Waals surface area contributed by atoms with E-state index in [2.05, 4.69) is 15.3 Å². The van der Waals surface area contributed by atoms with Crippen LogP contribution in [0.1, 0.15) is 39.8 Å². The van der Waals surface area contributed by atoms with Crippen molar-refractivity contribution < 1.29 is 13.8 Å². The number of hydrogen-bond donors (Lipinski definition) is 0. The molecule has 8 nitrogen and oxygen atoms in total. The van der Waals surface area contributed by atoms with E-state index in [0.717, 1.165) is 41.2 Å². The van der Waals surface area contributed by atoms with Gasteiger partial charge in [-0.3, -0.25) is 9.78 Å². The molecular formula is C19H21N5O3. The third-order valence-electron chi connectivity index (χ3n) is 4.88. The zero-order chi connectivity index (χ0) is 19.0. The van der Waals surface area contributed by atoms with Crippen molar-refractivity contribution >= 4 is 5.91 Å². The Labute approximate surface area is 156 Å². The summed E-state index contributed by atoms with van der Waals surface area (Å²) >= 11 is 0. The second-order valence-electron chi connectivity index (χ2n) is 7.04. The quantitative estimate of drug-likeness (QED) is 0.699. The summed E-state index contributed by atoms with van der Waals surface area (Å²) in [5.74, 6) is 1.27. The highest BCUT2D eigenvalue weighted by Crippen LogP contribution is 2.26. The standard InChI is InChI=1S/C19H21N5O3/c1-11-6-17(27-22-11)19(25)24-5-4-14(10-24)7-15-8-20-9-16(21-15)18-12(2)23-26-13(18)3/h6,8-9,14H,4-5,7,10H2,1-3H3/t14-/m1/s1. The van der Waals surface area contributed by atoms with Gasteiger partial charge in [-0.25, -0.2) is 4.98 Å². The molecule has 1 aliphatic rings. The summed E-state index contributed by atoms with van der Waals surface area (Å²) in [5.41, 5.74) is 4.09. The van der Waals surface area contributed by atoms with Crippen LogP contribution in [0.4, 0.5) is 0 Å². The molecule has 3 aromatic rings. The number of nitrogens with zero attached hydrogens (tertiary/aromatic N) is 5. The van der Waals surface area contributed by atoms with Crippen LogP contribution in [0.2, 0.25) is 0 Å². The molecule has 0 aromatic carbocycles. The number of hydrogen-bond acceptors (Lipinski definition) is 7. The summed E-state index contributed by atoms with van der Waals surface area (Å²) in [6, 6.07) is 1.67. The van der Waals surface area contributed by atoms with Crippen molar-refractivity contribution in [3.63, 3.8) is 0 Å². The summed E-state index contributed by atoms with van der Waals surface area (Å²) in [4.78, 5) is 23.4. The first-order valence-electron chi connectivity index (χ1n) is 8.98. The van der Waals surface area contributed by atoms with Gasteiger partial charge in [0.1, 0.15) is 5.76 Å². The minimum Gasteiger partial charge on any atom is -0.361 e. The van der Waals surface area contributed by atoms with Gasteiger partial charge in [0.2, 0.25) is 5.76 Å². The summed E-state index contributed by atoms with van der Waals surface area (Å²) in [5, 5.41) is 7.77. The van der Waals surface area contributed by atoms with Gasteiger partial charge in [0.15, 0.2) is 0 Å². The molecule has 0 radical (unpaired) electrons. The molecule has 1 fully saturated rings. The molecule has 0 aliphatic carbocycles. The van der Waals surface area contributed by atoms with Gasteiger partial charge in [-0.15, -0.1) is 0 Å². The van der Waals surface area contributed by atoms with Gasteiger partial charge in [-0.1, -0.05) is 10.3 Å². The van der Waals surface area contributed by atoms with Crippen LogP contribution < -0.4 is 0 Å². The fraction of sp³-hybridized carbons (Fsp3) is 0.421. The predicted octanol–water partition coefficient (Wildman–Crippen LogP) is 2.75. The Bertz CT molecular complexity index is 958. The Hall–Kier alpha value is -3.03. The van der Waals surface area contributed by atoms with Crippen LogP contribution in [0.15, 0.2) is 27.5 Å². The number of rotatable bonds is 4. The number of aryl methyl sites for hydroxylation is 3. The number of carbonyl (C=O) groups excluding carboxylic acids is 1. The van der Waals surface area contributed by atoms with Gasteiger partial charge in [0, 0.05) is 25.4 Å². The Morgan fingerprint density at radius 1 is 1.22 bits per heavy atom. The van der Waals surface area contributed by atoms with E-state index >= 15 is 0 Å². The van der Waals surface area contributed by atoms with Crippen molar-refractivity contribution in [1.82, 2.24) is 25.2 Å². The van der Waals surface area contributed by atoms with E-state index in [9.17, 15) is 4.79 Å². The largest absolute Gasteiger partial charge is 0.361 e. The van der Waals surface area contributed by atoms with E-state index in [-0.39, 0.29) is 5.91 Å². The normalized spacial score (nSPS) is 16.9. The third-order valence-corrected chi connectivity index (χ3v) is 4.88. The van der Waals surface area contributed by atoms with E-state index in [1.165, 1.54) is 0 Å². The van der Waals surface area contributed by atoms with Crippen molar-refractivity contribution in [1.29, 1.82) is 0 Å². The van der Waals surface area contributed by atoms with Crippen molar-refractivity contribution in [3.8, 4) is 11.3 Å². The highest BCUT2D eigenvalue weighted by molar-refractivity contribution is 5.91. The van der Waals surface area contributed by atoms with Crippen molar-refractivity contribution in [3.05, 3.63) is 47.1 Å². The molecule has 140 valence electrons. The summed E-state index contributed by atoms with van der Waals surface area (Å²) < 4.78 is 10.3. The van der Waals surface area contributed by atoms with Gasteiger partial charge in [-0.05, 0) is 39.5 Å². The van der Waals surface area contributed by atoms with Crippen LogP contribution in [-0.2, 0) is 6.42 Å². The Balaban J connectivity index is 1.45. The number of carbonyl (C=O) groups is 1. The highest BCUT2D eigenvalue weighted by atomic mass is 16.5. The molecule has 4 heterocycles. The topological polar surface area (TPSA) is 98.2 Å². The van der Waals surface area contributed by atoms with E-state index in [1.807, 2.05) is 18.7 Å². The van der Waals surface area contributed by atoms with Crippen molar-refractivity contribution in [2.75, 3.05) is 13.1 Å². The maximum Gasteiger partial charge on any atom is 0.292 e. The molecule has 1 atom stereocenters. The minimum absolute atomic E-state index is 0.103. The first kappa shape index (κ1) is 17.4. The molecular weight excluding hydrogens is 346 g/mol. The minimum atomic E-state index is -0.103. The Morgan fingerprint density at radius 3 is 2.78 bits per heavy atom. The first-order chi connectivity index (χ1) is 13.0. The van der Waals surface area contributed by atoms with E-state index < -0.39 is 0 Å². The second kappa shape index (κ2) is 6.94. The molecule has 1 aliphatic heterocycles. The summed E-state index contributed by atoms with van der Waals surface area (Å²) in [7, 11) is 0. The van der Waals surface area contributed by atoms with E-state index in [4.69, 9.17) is 14.0 Å². The fourth-order valence-electron chi connectivity index (χ4n) is 3.57. The molecule has 27 heavy (non-hydrogen) atoms. The average Bonchev–Trinajstić information content (AvgIpc) is 3.36. The molecule has 0 saturated carbocycles. The maximum atomic E-state index is 12.5. The zero-order valence-electron chi connectivity index (χ0n) is 15.6. The van der Waals surface area contributed by atoms with Crippen molar-refractivity contribution in [2.24, 2.45) is 5.92 Å². The Kier molecular flexibility index (Phi) is 4.47. The number of amides is 1. The highest BCUT2D eigenvalue weighted by Gasteiger charge is 2.29. The van der Waals surface area contributed by atoms with Crippen LogP contribution in [0, 0.1) is 26.7 Å². The third kappa shape index (κ3) is 3.47. The lowest BCUT2D eigenvalue weighted by molar-refractivity contribution is 0.0745. The lowest BCUT2D eigenvalue weighted by atomic mass is 10.0. The van der Waals surface area contributed by atoms with Gasteiger partial charge in [0.25, 0.3) is 5.91 Å². The SMILES string of the molecule is Cc1cc(C(=O)N2CC[C@H](Cc3cncc(-c4c(C)noc4C)n3)C2)on1. The molecule has 3 aromatic heterocycles. The molecule has 0 unspecified atom stereocenters. The van der Waals surface area contributed by atoms with E-state index in [1.54, 1.807) is 25.4 Å². The molecule has 1 amide bonds. The van der Waals surface area contributed by atoms with Crippen LogP contribution in [0.3, 0.4) is 0 Å². The smallest absolute Gasteiger partial charge is 0.292 e. The van der Waals surface area contributed by atoms with Crippen LogP contribution in [0.25, 0.3) is 11.3 Å². The zero-order valence-corrected chi connectivity index (χ0v) is 15.6. The van der Waals surface area contributed by atoms with Crippen LogP contribution >= 0.6 is 0 Å². The second-order valence-corrected chi connectivity index (χ2v) is 7.04. The first-order valence-corrected chi connectivity index (χ1v) is 8.98. The fourth-order valence-corrected chi connectivity index (χ4v) is 3.57. The lowest BCUT2D eigenvalue weighted by Gasteiger charge is -2.14. The molecule has 0 spiro atoms. The van der Waals surface area contributed by atoms with E-state index in [0.29, 0.717) is 30.5 Å².